The van der Waals surface area contributed by atoms with Crippen LogP contribution in [-0.4, -0.2) is 15.8 Å². The number of carbonyl (C=O) groups excluding carboxylic acids is 1. The van der Waals surface area contributed by atoms with Crippen molar-refractivity contribution in [3.63, 3.8) is 0 Å². The van der Waals surface area contributed by atoms with Crippen LogP contribution in [0.5, 0.6) is 0 Å². The molecule has 2 rings (SSSR count). The van der Waals surface area contributed by atoms with Crippen molar-refractivity contribution in [1.29, 1.82) is 0 Å². The number of aryl methyl sites for hydroxylation is 1. The SMILES string of the molecule is CCc1ncc(-c2ccc(C(C)=O)cc2)cn1. The molecule has 86 valence electrons. The molecule has 0 atom stereocenters. The van der Waals surface area contributed by atoms with Crippen molar-refractivity contribution in [3.05, 3.63) is 48.0 Å². The quantitative estimate of drug-likeness (QED) is 0.756. The Morgan fingerprint density at radius 3 is 2.12 bits per heavy atom. The van der Waals surface area contributed by atoms with Crippen LogP contribution in [0.1, 0.15) is 30.0 Å². The van der Waals surface area contributed by atoms with Gasteiger partial charge in [-0.05, 0) is 12.5 Å². The molecule has 0 fully saturated rings. The number of rotatable bonds is 3. The summed E-state index contributed by atoms with van der Waals surface area (Å²) < 4.78 is 0. The van der Waals surface area contributed by atoms with Crippen LogP contribution in [0.4, 0.5) is 0 Å². The minimum absolute atomic E-state index is 0.0779. The van der Waals surface area contributed by atoms with Crippen molar-refractivity contribution in [2.24, 2.45) is 0 Å². The maximum Gasteiger partial charge on any atom is 0.159 e. The summed E-state index contributed by atoms with van der Waals surface area (Å²) in [5, 5.41) is 0. The summed E-state index contributed by atoms with van der Waals surface area (Å²) in [6.45, 7) is 3.59. The molecule has 0 spiro atoms. The molecule has 0 N–H and O–H groups in total. The summed E-state index contributed by atoms with van der Waals surface area (Å²) >= 11 is 0. The third kappa shape index (κ3) is 2.56. The van der Waals surface area contributed by atoms with Gasteiger partial charge >= 0.3 is 0 Å². The van der Waals surface area contributed by atoms with E-state index in [-0.39, 0.29) is 5.78 Å². The lowest BCUT2D eigenvalue weighted by atomic mass is 10.1. The smallest absolute Gasteiger partial charge is 0.159 e. The Kier molecular flexibility index (Phi) is 3.28. The first-order valence-electron chi connectivity index (χ1n) is 5.63. The molecule has 0 saturated heterocycles. The molecule has 3 nitrogen and oxygen atoms in total. The van der Waals surface area contributed by atoms with Crippen molar-refractivity contribution in [3.8, 4) is 11.1 Å². The van der Waals surface area contributed by atoms with E-state index >= 15 is 0 Å². The van der Waals surface area contributed by atoms with E-state index in [4.69, 9.17) is 0 Å². The second-order valence-corrected chi connectivity index (χ2v) is 3.88. The van der Waals surface area contributed by atoms with E-state index in [0.29, 0.717) is 0 Å². The second kappa shape index (κ2) is 4.87. The van der Waals surface area contributed by atoms with Gasteiger partial charge in [-0.2, -0.15) is 0 Å². The highest BCUT2D eigenvalue weighted by Gasteiger charge is 2.02. The maximum absolute atomic E-state index is 11.2. The molecular weight excluding hydrogens is 212 g/mol. The summed E-state index contributed by atoms with van der Waals surface area (Å²) in [5.41, 5.74) is 2.72. The van der Waals surface area contributed by atoms with Gasteiger partial charge in [0.05, 0.1) is 0 Å². The Hall–Kier alpha value is -2.03. The highest BCUT2D eigenvalue weighted by atomic mass is 16.1. The summed E-state index contributed by atoms with van der Waals surface area (Å²) in [6.07, 6.45) is 4.47. The average Bonchev–Trinajstić information content (AvgIpc) is 2.39. The molecule has 1 aromatic heterocycles. The van der Waals surface area contributed by atoms with Crippen molar-refractivity contribution in [1.82, 2.24) is 9.97 Å². The van der Waals surface area contributed by atoms with Gasteiger partial charge in [-0.1, -0.05) is 31.2 Å². The molecule has 3 heteroatoms. The molecule has 0 saturated carbocycles. The number of hydrogen-bond acceptors (Lipinski definition) is 3. The Balaban J connectivity index is 2.29. The van der Waals surface area contributed by atoms with Crippen LogP contribution in [0.15, 0.2) is 36.7 Å². The fourth-order valence-electron chi connectivity index (χ4n) is 1.58. The molecular formula is C14H14N2O. The standard InChI is InChI=1S/C14H14N2O/c1-3-14-15-8-13(9-16-14)12-6-4-11(5-7-12)10(2)17/h4-9H,3H2,1-2H3. The largest absolute Gasteiger partial charge is 0.295 e. The highest BCUT2D eigenvalue weighted by Crippen LogP contribution is 2.18. The monoisotopic (exact) mass is 226 g/mol. The number of carbonyl (C=O) groups is 1. The molecule has 0 radical (unpaired) electrons. The number of Topliss-reactive ketones (excluding diaryl/α,β-unsaturated/α-hetero) is 1. The van der Waals surface area contributed by atoms with Gasteiger partial charge < -0.3 is 0 Å². The first kappa shape index (κ1) is 11.5. The predicted octanol–water partition coefficient (Wildman–Crippen LogP) is 2.91. The van der Waals surface area contributed by atoms with E-state index in [1.165, 1.54) is 0 Å². The molecule has 17 heavy (non-hydrogen) atoms. The minimum Gasteiger partial charge on any atom is -0.295 e. The van der Waals surface area contributed by atoms with E-state index in [1.54, 1.807) is 6.92 Å². The maximum atomic E-state index is 11.2. The molecule has 0 bridgehead atoms. The topological polar surface area (TPSA) is 42.9 Å². The van der Waals surface area contributed by atoms with Gasteiger partial charge in [-0.25, -0.2) is 9.97 Å². The lowest BCUT2D eigenvalue weighted by molar-refractivity contribution is 0.101. The Labute approximate surface area is 101 Å². The van der Waals surface area contributed by atoms with E-state index in [1.807, 2.05) is 43.6 Å². The van der Waals surface area contributed by atoms with Crippen molar-refractivity contribution < 1.29 is 4.79 Å². The van der Waals surface area contributed by atoms with Crippen LogP contribution >= 0.6 is 0 Å². The molecule has 0 aliphatic carbocycles. The number of ketones is 1. The van der Waals surface area contributed by atoms with Crippen LogP contribution in [0.2, 0.25) is 0 Å². The molecule has 1 heterocycles. The van der Waals surface area contributed by atoms with Gasteiger partial charge in [0.15, 0.2) is 5.78 Å². The van der Waals surface area contributed by atoms with Crippen LogP contribution in [-0.2, 0) is 6.42 Å². The molecule has 0 aliphatic heterocycles. The molecule has 1 aromatic carbocycles. The van der Waals surface area contributed by atoms with Crippen LogP contribution in [0.3, 0.4) is 0 Å². The second-order valence-electron chi connectivity index (χ2n) is 3.88. The Morgan fingerprint density at radius 2 is 1.65 bits per heavy atom. The van der Waals surface area contributed by atoms with Crippen molar-refractivity contribution in [2.75, 3.05) is 0 Å². The molecule has 0 unspecified atom stereocenters. The summed E-state index contributed by atoms with van der Waals surface area (Å²) in [5.74, 6) is 0.920. The highest BCUT2D eigenvalue weighted by molar-refractivity contribution is 5.94. The van der Waals surface area contributed by atoms with Crippen LogP contribution in [0, 0.1) is 0 Å². The minimum atomic E-state index is 0.0779. The number of aromatic nitrogens is 2. The average molecular weight is 226 g/mol. The third-order valence-corrected chi connectivity index (χ3v) is 2.65. The molecule has 2 aromatic rings. The van der Waals surface area contributed by atoms with Gasteiger partial charge in [-0.15, -0.1) is 0 Å². The first-order valence-corrected chi connectivity index (χ1v) is 5.63. The Bertz CT molecular complexity index is 515. The van der Waals surface area contributed by atoms with Gasteiger partial charge in [0, 0.05) is 29.9 Å². The number of hydrogen-bond donors (Lipinski definition) is 0. The predicted molar refractivity (Wildman–Crippen MR) is 66.9 cm³/mol. The zero-order valence-electron chi connectivity index (χ0n) is 9.97. The summed E-state index contributed by atoms with van der Waals surface area (Å²) in [4.78, 5) is 19.7. The van der Waals surface area contributed by atoms with Crippen molar-refractivity contribution >= 4 is 5.78 Å². The van der Waals surface area contributed by atoms with Crippen LogP contribution < -0.4 is 0 Å². The third-order valence-electron chi connectivity index (χ3n) is 2.65. The summed E-state index contributed by atoms with van der Waals surface area (Å²) in [6, 6.07) is 7.49. The van der Waals surface area contributed by atoms with Gasteiger partial charge in [0.25, 0.3) is 0 Å². The fraction of sp³-hybridized carbons (Fsp3) is 0.214. The van der Waals surface area contributed by atoms with Crippen molar-refractivity contribution in [2.45, 2.75) is 20.3 Å². The van der Waals surface area contributed by atoms with E-state index in [9.17, 15) is 4.79 Å². The van der Waals surface area contributed by atoms with Gasteiger partial charge in [0.1, 0.15) is 5.82 Å². The molecule has 0 amide bonds. The Morgan fingerprint density at radius 1 is 1.06 bits per heavy atom. The van der Waals surface area contributed by atoms with Gasteiger partial charge in [0.2, 0.25) is 0 Å². The van der Waals surface area contributed by atoms with E-state index in [2.05, 4.69) is 9.97 Å². The van der Waals surface area contributed by atoms with E-state index in [0.717, 1.165) is 28.9 Å². The normalized spacial score (nSPS) is 10.2. The number of benzene rings is 1. The lowest BCUT2D eigenvalue weighted by Crippen LogP contribution is -1.93. The zero-order valence-corrected chi connectivity index (χ0v) is 9.97. The van der Waals surface area contributed by atoms with Gasteiger partial charge in [-0.3, -0.25) is 4.79 Å². The molecule has 0 aliphatic rings. The summed E-state index contributed by atoms with van der Waals surface area (Å²) in [7, 11) is 0. The van der Waals surface area contributed by atoms with Crippen LogP contribution in [0.25, 0.3) is 11.1 Å². The lowest BCUT2D eigenvalue weighted by Gasteiger charge is -2.02. The zero-order chi connectivity index (χ0) is 12.3. The van der Waals surface area contributed by atoms with E-state index < -0.39 is 0 Å². The first-order chi connectivity index (χ1) is 8.20. The number of nitrogens with zero attached hydrogens (tertiary/aromatic N) is 2. The fourth-order valence-corrected chi connectivity index (χ4v) is 1.58.